The summed E-state index contributed by atoms with van der Waals surface area (Å²) in [5, 5.41) is 2.55. The Labute approximate surface area is 184 Å². The largest absolute Gasteiger partial charge is 0.344 e. The number of carbonyl (C=O) groups excluding carboxylic acids is 4. The molecule has 32 heavy (non-hydrogen) atoms. The van der Waals surface area contributed by atoms with E-state index in [-0.39, 0.29) is 31.7 Å². The van der Waals surface area contributed by atoms with E-state index in [0.29, 0.717) is 5.56 Å². The van der Waals surface area contributed by atoms with Crippen LogP contribution < -0.4 is 10.8 Å². The first-order valence-electron chi connectivity index (χ1n) is 10.1. The lowest BCUT2D eigenvalue weighted by molar-refractivity contribution is -0.146. The van der Waals surface area contributed by atoms with Gasteiger partial charge in [0.2, 0.25) is 11.7 Å². The standard InChI is InChI=1S/C23H24FN3O5/c1-32-26-23(31)21(29)18(13-15-7-3-2-4-8-15)25-22(30)20-19(28)11-12-27(20)14-16-9-5-6-10-17(16)24/h2-10,18,20H,11-14H2,1H3,(H,25,30)(H,26,31)/t18?,20-/m0/s1. The van der Waals surface area contributed by atoms with E-state index in [2.05, 4.69) is 10.2 Å². The number of halogens is 1. The number of benzene rings is 2. The zero-order chi connectivity index (χ0) is 23.1. The third-order valence-electron chi connectivity index (χ3n) is 5.23. The number of ketones is 2. The molecule has 0 saturated carbocycles. The van der Waals surface area contributed by atoms with Gasteiger partial charge in [-0.1, -0.05) is 48.5 Å². The summed E-state index contributed by atoms with van der Waals surface area (Å²) in [6, 6.07) is 12.6. The van der Waals surface area contributed by atoms with Crippen LogP contribution in [0.5, 0.6) is 0 Å². The molecular weight excluding hydrogens is 417 g/mol. The molecule has 0 spiro atoms. The van der Waals surface area contributed by atoms with Crippen LogP contribution in [0.2, 0.25) is 0 Å². The van der Waals surface area contributed by atoms with Gasteiger partial charge in [-0.25, -0.2) is 9.87 Å². The fraction of sp³-hybridized carbons (Fsp3) is 0.304. The minimum atomic E-state index is -1.20. The van der Waals surface area contributed by atoms with Gasteiger partial charge < -0.3 is 5.32 Å². The van der Waals surface area contributed by atoms with Crippen molar-refractivity contribution in [2.45, 2.75) is 31.5 Å². The third kappa shape index (κ3) is 5.63. The van der Waals surface area contributed by atoms with Crippen LogP contribution in [-0.4, -0.2) is 54.0 Å². The maximum absolute atomic E-state index is 14.1. The molecule has 2 atom stereocenters. The quantitative estimate of drug-likeness (QED) is 0.341. The molecule has 3 rings (SSSR count). The summed E-state index contributed by atoms with van der Waals surface area (Å²) in [5.41, 5.74) is 3.03. The van der Waals surface area contributed by atoms with Crippen LogP contribution in [0.15, 0.2) is 54.6 Å². The highest BCUT2D eigenvalue weighted by atomic mass is 19.1. The highest BCUT2D eigenvalue weighted by Gasteiger charge is 2.40. The zero-order valence-corrected chi connectivity index (χ0v) is 17.5. The van der Waals surface area contributed by atoms with E-state index in [0.717, 1.165) is 5.56 Å². The average Bonchev–Trinajstić information content (AvgIpc) is 3.15. The van der Waals surface area contributed by atoms with Gasteiger partial charge in [-0.15, -0.1) is 0 Å². The van der Waals surface area contributed by atoms with E-state index in [1.54, 1.807) is 53.4 Å². The van der Waals surface area contributed by atoms with Gasteiger partial charge in [-0.05, 0) is 11.6 Å². The van der Waals surface area contributed by atoms with Crippen LogP contribution in [-0.2, 0) is 37.0 Å². The van der Waals surface area contributed by atoms with E-state index in [1.165, 1.54) is 13.2 Å². The number of Topliss-reactive ketones (excluding diaryl/α,β-unsaturated/α-hetero) is 2. The molecule has 168 valence electrons. The Balaban J connectivity index is 1.78. The monoisotopic (exact) mass is 441 g/mol. The van der Waals surface area contributed by atoms with Gasteiger partial charge in [0, 0.05) is 31.5 Å². The number of nitrogens with zero attached hydrogens (tertiary/aromatic N) is 1. The number of hydrogen-bond acceptors (Lipinski definition) is 6. The molecule has 2 amide bonds. The molecule has 0 aliphatic carbocycles. The van der Waals surface area contributed by atoms with Crippen LogP contribution in [0.25, 0.3) is 0 Å². The van der Waals surface area contributed by atoms with Crippen molar-refractivity contribution < 1.29 is 28.4 Å². The van der Waals surface area contributed by atoms with Gasteiger partial charge >= 0.3 is 5.91 Å². The molecule has 2 aromatic carbocycles. The molecule has 1 aliphatic heterocycles. The molecule has 0 aromatic heterocycles. The molecule has 1 heterocycles. The lowest BCUT2D eigenvalue weighted by atomic mass is 10.0. The molecular formula is C23H24FN3O5. The van der Waals surface area contributed by atoms with Gasteiger partial charge in [0.25, 0.3) is 0 Å². The first-order chi connectivity index (χ1) is 15.4. The summed E-state index contributed by atoms with van der Waals surface area (Å²) in [4.78, 5) is 56.2. The maximum atomic E-state index is 14.1. The predicted octanol–water partition coefficient (Wildman–Crippen LogP) is 0.943. The summed E-state index contributed by atoms with van der Waals surface area (Å²) < 4.78 is 14.1. The molecule has 8 nitrogen and oxygen atoms in total. The Morgan fingerprint density at radius 3 is 2.50 bits per heavy atom. The van der Waals surface area contributed by atoms with Gasteiger partial charge in [-0.3, -0.25) is 28.9 Å². The molecule has 2 aromatic rings. The molecule has 1 saturated heterocycles. The Hall–Kier alpha value is -3.43. The number of nitrogens with one attached hydrogen (secondary N) is 2. The van der Waals surface area contributed by atoms with E-state index in [1.807, 2.05) is 5.48 Å². The summed E-state index contributed by atoms with van der Waals surface area (Å²) in [6.45, 7) is 0.352. The van der Waals surface area contributed by atoms with Gasteiger partial charge in [-0.2, -0.15) is 0 Å². The smallest absolute Gasteiger partial charge is 0.313 e. The molecule has 2 N–H and O–H groups in total. The number of likely N-dealkylation sites (tertiary alicyclic amines) is 1. The van der Waals surface area contributed by atoms with Crippen molar-refractivity contribution in [3.05, 3.63) is 71.5 Å². The number of amides is 2. The fourth-order valence-corrected chi connectivity index (χ4v) is 3.66. The summed E-state index contributed by atoms with van der Waals surface area (Å²) in [5.74, 6) is -3.39. The molecule has 0 bridgehead atoms. The van der Waals surface area contributed by atoms with Crippen molar-refractivity contribution >= 4 is 23.4 Å². The molecule has 9 heteroatoms. The van der Waals surface area contributed by atoms with Gasteiger partial charge in [0.15, 0.2) is 5.78 Å². The van der Waals surface area contributed by atoms with E-state index < -0.39 is 35.5 Å². The maximum Gasteiger partial charge on any atom is 0.313 e. The first kappa shape index (κ1) is 23.2. The van der Waals surface area contributed by atoms with Crippen LogP contribution in [0.1, 0.15) is 17.5 Å². The van der Waals surface area contributed by atoms with Crippen molar-refractivity contribution in [3.63, 3.8) is 0 Å². The molecule has 0 radical (unpaired) electrons. The SMILES string of the molecule is CONC(=O)C(=O)C(Cc1ccccc1)NC(=O)[C@@H]1C(=O)CCN1Cc1ccccc1F. The van der Waals surface area contributed by atoms with Crippen molar-refractivity contribution in [1.29, 1.82) is 0 Å². The summed E-state index contributed by atoms with van der Waals surface area (Å²) >= 11 is 0. The zero-order valence-electron chi connectivity index (χ0n) is 17.5. The lowest BCUT2D eigenvalue weighted by Crippen LogP contribution is -2.54. The van der Waals surface area contributed by atoms with Crippen LogP contribution in [0.4, 0.5) is 4.39 Å². The lowest BCUT2D eigenvalue weighted by Gasteiger charge is -2.25. The van der Waals surface area contributed by atoms with E-state index in [4.69, 9.17) is 0 Å². The number of hydroxylamine groups is 1. The predicted molar refractivity (Wildman–Crippen MR) is 112 cm³/mol. The normalized spacial score (nSPS) is 17.1. The second kappa shape index (κ2) is 10.7. The Kier molecular flexibility index (Phi) is 7.80. The van der Waals surface area contributed by atoms with E-state index >= 15 is 0 Å². The molecule has 1 aliphatic rings. The number of rotatable bonds is 9. The number of hydrogen-bond donors (Lipinski definition) is 2. The average molecular weight is 441 g/mol. The van der Waals surface area contributed by atoms with Gasteiger partial charge in [0.05, 0.1) is 7.11 Å². The van der Waals surface area contributed by atoms with Gasteiger partial charge in [0.1, 0.15) is 17.9 Å². The first-order valence-corrected chi connectivity index (χ1v) is 10.1. The van der Waals surface area contributed by atoms with Crippen LogP contribution in [0, 0.1) is 5.82 Å². The fourth-order valence-electron chi connectivity index (χ4n) is 3.66. The minimum Gasteiger partial charge on any atom is -0.344 e. The number of carbonyl (C=O) groups is 4. The Bertz CT molecular complexity index is 998. The summed E-state index contributed by atoms with van der Waals surface area (Å²) in [7, 11) is 1.19. The Morgan fingerprint density at radius 1 is 1.12 bits per heavy atom. The van der Waals surface area contributed by atoms with Crippen molar-refractivity contribution in [1.82, 2.24) is 15.7 Å². The minimum absolute atomic E-state index is 0.0524. The van der Waals surface area contributed by atoms with Crippen LogP contribution in [0.3, 0.4) is 0 Å². The second-order valence-electron chi connectivity index (χ2n) is 7.43. The Morgan fingerprint density at radius 2 is 1.81 bits per heavy atom. The van der Waals surface area contributed by atoms with Crippen molar-refractivity contribution in [3.8, 4) is 0 Å². The van der Waals surface area contributed by atoms with Crippen LogP contribution >= 0.6 is 0 Å². The summed E-state index contributed by atoms with van der Waals surface area (Å²) in [6.07, 6.45) is 0.185. The van der Waals surface area contributed by atoms with Crippen molar-refractivity contribution in [2.24, 2.45) is 0 Å². The third-order valence-corrected chi connectivity index (χ3v) is 5.23. The van der Waals surface area contributed by atoms with E-state index in [9.17, 15) is 23.6 Å². The topological polar surface area (TPSA) is 105 Å². The second-order valence-corrected chi connectivity index (χ2v) is 7.43. The molecule has 1 unspecified atom stereocenters. The van der Waals surface area contributed by atoms with Crippen molar-refractivity contribution in [2.75, 3.05) is 13.7 Å². The highest BCUT2D eigenvalue weighted by molar-refractivity contribution is 6.38. The highest BCUT2D eigenvalue weighted by Crippen LogP contribution is 2.19. The molecule has 1 fully saturated rings.